The van der Waals surface area contributed by atoms with Crippen LogP contribution in [0.5, 0.6) is 0 Å². The van der Waals surface area contributed by atoms with Crippen LogP contribution in [0.15, 0.2) is 18.2 Å². The first-order valence-corrected chi connectivity index (χ1v) is 9.21. The summed E-state index contributed by atoms with van der Waals surface area (Å²) < 4.78 is 8.47. The van der Waals surface area contributed by atoms with Crippen molar-refractivity contribution in [3.63, 3.8) is 0 Å². The molecule has 1 aromatic carbocycles. The number of fused-ring (bicyclic) bond motifs is 1. The maximum atomic E-state index is 12.4. The highest BCUT2D eigenvalue weighted by Crippen LogP contribution is 2.21. The summed E-state index contributed by atoms with van der Waals surface area (Å²) >= 11 is 1.17. The van der Waals surface area contributed by atoms with Crippen LogP contribution in [0.2, 0.25) is 0 Å². The van der Waals surface area contributed by atoms with Crippen LogP contribution in [0.4, 0.5) is 5.69 Å². The van der Waals surface area contributed by atoms with Gasteiger partial charge in [0.1, 0.15) is 11.0 Å². The molecule has 128 valence electrons. The van der Waals surface area contributed by atoms with E-state index in [9.17, 15) is 4.79 Å². The minimum Gasteiger partial charge on any atom is -0.323 e. The number of anilines is 1. The van der Waals surface area contributed by atoms with Gasteiger partial charge in [0.25, 0.3) is 0 Å². The zero-order valence-corrected chi connectivity index (χ0v) is 14.4. The third kappa shape index (κ3) is 3.41. The smallest absolute Gasteiger partial charge is 0.238 e. The highest BCUT2D eigenvalue weighted by Gasteiger charge is 2.26. The molecule has 2 fully saturated rings. The molecule has 0 aliphatic carbocycles. The van der Waals surface area contributed by atoms with Crippen molar-refractivity contribution in [2.24, 2.45) is 0 Å². The minimum absolute atomic E-state index is 0.0199. The SMILES string of the molecule is O=C(CN1CCN(C2CCNC2)CC1)Nc1cccc2nsnc12. The number of piperazine rings is 1. The van der Waals surface area contributed by atoms with E-state index in [1.165, 1.54) is 18.1 Å². The van der Waals surface area contributed by atoms with Crippen molar-refractivity contribution in [1.29, 1.82) is 0 Å². The van der Waals surface area contributed by atoms with Crippen LogP contribution in [0.25, 0.3) is 11.0 Å². The Morgan fingerprint density at radius 3 is 2.96 bits per heavy atom. The molecule has 0 bridgehead atoms. The first kappa shape index (κ1) is 15.9. The molecule has 1 aromatic heterocycles. The van der Waals surface area contributed by atoms with Crippen molar-refractivity contribution in [2.75, 3.05) is 51.1 Å². The van der Waals surface area contributed by atoms with Crippen LogP contribution < -0.4 is 10.6 Å². The van der Waals surface area contributed by atoms with Crippen molar-refractivity contribution in [3.8, 4) is 0 Å². The fraction of sp³-hybridized carbons (Fsp3) is 0.562. The van der Waals surface area contributed by atoms with E-state index in [0.29, 0.717) is 12.6 Å². The Bertz CT molecular complexity index is 705. The Labute approximate surface area is 145 Å². The van der Waals surface area contributed by atoms with Crippen molar-refractivity contribution < 1.29 is 4.79 Å². The predicted octanol–water partition coefficient (Wildman–Crippen LogP) is 0.609. The maximum absolute atomic E-state index is 12.4. The fourth-order valence-corrected chi connectivity index (χ4v) is 4.09. The molecule has 1 amide bonds. The lowest BCUT2D eigenvalue weighted by Gasteiger charge is -2.37. The third-order valence-corrected chi connectivity index (χ3v) is 5.43. The topological polar surface area (TPSA) is 73.4 Å². The molecular formula is C16H22N6OS. The van der Waals surface area contributed by atoms with Crippen LogP contribution >= 0.6 is 11.7 Å². The highest BCUT2D eigenvalue weighted by molar-refractivity contribution is 7.00. The normalized spacial score (nSPS) is 22.9. The summed E-state index contributed by atoms with van der Waals surface area (Å²) in [7, 11) is 0. The molecule has 2 N–H and O–H groups in total. The van der Waals surface area contributed by atoms with Gasteiger partial charge in [0, 0.05) is 38.8 Å². The summed E-state index contributed by atoms with van der Waals surface area (Å²) in [6.45, 7) is 6.66. The van der Waals surface area contributed by atoms with Gasteiger partial charge in [0.2, 0.25) is 5.91 Å². The second-order valence-corrected chi connectivity index (χ2v) is 6.97. The second-order valence-electron chi connectivity index (χ2n) is 6.44. The lowest BCUT2D eigenvalue weighted by atomic mass is 10.2. The Morgan fingerprint density at radius 1 is 1.29 bits per heavy atom. The van der Waals surface area contributed by atoms with Gasteiger partial charge in [-0.3, -0.25) is 14.6 Å². The quantitative estimate of drug-likeness (QED) is 0.845. The molecule has 1 atom stereocenters. The molecule has 24 heavy (non-hydrogen) atoms. The van der Waals surface area contributed by atoms with Gasteiger partial charge in [-0.15, -0.1) is 0 Å². The Morgan fingerprint density at radius 2 is 2.17 bits per heavy atom. The number of rotatable bonds is 4. The van der Waals surface area contributed by atoms with Gasteiger partial charge >= 0.3 is 0 Å². The summed E-state index contributed by atoms with van der Waals surface area (Å²) in [5, 5.41) is 6.41. The van der Waals surface area contributed by atoms with Gasteiger partial charge < -0.3 is 10.6 Å². The van der Waals surface area contributed by atoms with Gasteiger partial charge in [-0.05, 0) is 25.1 Å². The Hall–Kier alpha value is -1.61. The van der Waals surface area contributed by atoms with Crippen LogP contribution in [0.3, 0.4) is 0 Å². The third-order valence-electron chi connectivity index (χ3n) is 4.88. The number of nitrogens with one attached hydrogen (secondary N) is 2. The lowest BCUT2D eigenvalue weighted by molar-refractivity contribution is -0.117. The van der Waals surface area contributed by atoms with E-state index >= 15 is 0 Å². The number of hydrogen-bond donors (Lipinski definition) is 2. The van der Waals surface area contributed by atoms with E-state index in [1.807, 2.05) is 18.2 Å². The largest absolute Gasteiger partial charge is 0.323 e. The molecule has 2 aromatic rings. The van der Waals surface area contributed by atoms with Crippen LogP contribution in [0, 0.1) is 0 Å². The molecule has 7 nitrogen and oxygen atoms in total. The van der Waals surface area contributed by atoms with E-state index in [2.05, 4.69) is 29.2 Å². The molecule has 4 rings (SSSR count). The van der Waals surface area contributed by atoms with Crippen LogP contribution in [0.1, 0.15) is 6.42 Å². The molecule has 2 saturated heterocycles. The predicted molar refractivity (Wildman–Crippen MR) is 95.3 cm³/mol. The van der Waals surface area contributed by atoms with Gasteiger partial charge in [-0.1, -0.05) is 6.07 Å². The van der Waals surface area contributed by atoms with E-state index in [4.69, 9.17) is 0 Å². The average molecular weight is 346 g/mol. The van der Waals surface area contributed by atoms with E-state index in [1.54, 1.807) is 0 Å². The first-order chi connectivity index (χ1) is 11.8. The number of carbonyl (C=O) groups is 1. The Kier molecular flexibility index (Phi) is 4.70. The van der Waals surface area contributed by atoms with E-state index in [-0.39, 0.29) is 5.91 Å². The number of aromatic nitrogens is 2. The summed E-state index contributed by atoms with van der Waals surface area (Å²) in [6, 6.07) is 6.36. The van der Waals surface area contributed by atoms with Crippen molar-refractivity contribution in [3.05, 3.63) is 18.2 Å². The number of nitrogens with zero attached hydrogens (tertiary/aromatic N) is 4. The Balaban J connectivity index is 1.30. The summed E-state index contributed by atoms with van der Waals surface area (Å²) in [5.74, 6) is 0.0199. The van der Waals surface area contributed by atoms with Crippen LogP contribution in [-0.4, -0.2) is 76.3 Å². The van der Waals surface area contributed by atoms with Crippen molar-refractivity contribution in [1.82, 2.24) is 23.9 Å². The van der Waals surface area contributed by atoms with Gasteiger partial charge in [-0.25, -0.2) is 0 Å². The molecule has 0 radical (unpaired) electrons. The minimum atomic E-state index is 0.0199. The summed E-state index contributed by atoms with van der Waals surface area (Å²) in [4.78, 5) is 17.1. The average Bonchev–Trinajstić information content (AvgIpc) is 3.27. The van der Waals surface area contributed by atoms with Crippen molar-refractivity contribution >= 4 is 34.4 Å². The molecular weight excluding hydrogens is 324 g/mol. The summed E-state index contributed by atoms with van der Waals surface area (Å²) in [5.41, 5.74) is 2.35. The fourth-order valence-electron chi connectivity index (χ4n) is 3.54. The van der Waals surface area contributed by atoms with Gasteiger partial charge in [0.05, 0.1) is 24.0 Å². The van der Waals surface area contributed by atoms with Gasteiger partial charge in [0.15, 0.2) is 0 Å². The molecule has 2 aliphatic rings. The number of hydrogen-bond acceptors (Lipinski definition) is 7. The second kappa shape index (κ2) is 7.10. The van der Waals surface area contributed by atoms with Gasteiger partial charge in [-0.2, -0.15) is 8.75 Å². The number of carbonyl (C=O) groups excluding carboxylic acids is 1. The molecule has 0 spiro atoms. The summed E-state index contributed by atoms with van der Waals surface area (Å²) in [6.07, 6.45) is 1.24. The molecule has 1 unspecified atom stereocenters. The van der Waals surface area contributed by atoms with Crippen LogP contribution in [-0.2, 0) is 4.79 Å². The molecule has 0 saturated carbocycles. The lowest BCUT2D eigenvalue weighted by Crippen LogP contribution is -2.52. The van der Waals surface area contributed by atoms with E-state index < -0.39 is 0 Å². The number of amides is 1. The monoisotopic (exact) mass is 346 g/mol. The molecule has 8 heteroatoms. The highest BCUT2D eigenvalue weighted by atomic mass is 32.1. The first-order valence-electron chi connectivity index (χ1n) is 8.48. The van der Waals surface area contributed by atoms with E-state index in [0.717, 1.165) is 56.0 Å². The molecule has 3 heterocycles. The van der Waals surface area contributed by atoms with Crippen molar-refractivity contribution in [2.45, 2.75) is 12.5 Å². The zero-order chi connectivity index (χ0) is 16.4. The number of benzene rings is 1. The standard InChI is InChI=1S/C16H22N6OS/c23-15(18-13-2-1-3-14-16(13)20-24-19-14)11-21-6-8-22(9-7-21)12-4-5-17-10-12/h1-3,12,17H,4-11H2,(H,18,23). The molecule has 2 aliphatic heterocycles. The zero-order valence-electron chi connectivity index (χ0n) is 13.6. The maximum Gasteiger partial charge on any atom is 0.238 e.